The molecule has 0 aromatic heterocycles. The van der Waals surface area contributed by atoms with Crippen LogP contribution in [-0.2, 0) is 11.2 Å². The van der Waals surface area contributed by atoms with Crippen LogP contribution in [0.1, 0.15) is 30.0 Å². The van der Waals surface area contributed by atoms with Crippen LogP contribution in [0.2, 0.25) is 0 Å². The second-order valence-electron chi connectivity index (χ2n) is 5.12. The predicted molar refractivity (Wildman–Crippen MR) is 83.3 cm³/mol. The van der Waals surface area contributed by atoms with E-state index in [-0.39, 0.29) is 11.9 Å². The molecule has 19 heavy (non-hydrogen) atoms. The lowest BCUT2D eigenvalue weighted by molar-refractivity contribution is -0.130. The van der Waals surface area contributed by atoms with Gasteiger partial charge in [0.1, 0.15) is 0 Å². The lowest BCUT2D eigenvalue weighted by Crippen LogP contribution is -2.38. The van der Waals surface area contributed by atoms with Crippen LogP contribution in [-0.4, -0.2) is 28.9 Å². The maximum atomic E-state index is 12.2. The maximum Gasteiger partial charge on any atom is 0.226 e. The topological polar surface area (TPSA) is 46.3 Å². The Morgan fingerprint density at radius 3 is 2.53 bits per heavy atom. The quantitative estimate of drug-likeness (QED) is 0.841. The number of thiocarbonyl (C=S) groups is 1. The molecule has 0 aliphatic heterocycles. The van der Waals surface area contributed by atoms with E-state index in [4.69, 9.17) is 18.0 Å². The normalized spacial score (nSPS) is 12.0. The highest BCUT2D eigenvalue weighted by Crippen LogP contribution is 2.12. The van der Waals surface area contributed by atoms with Gasteiger partial charge in [-0.2, -0.15) is 0 Å². The number of benzene rings is 1. The highest BCUT2D eigenvalue weighted by atomic mass is 32.1. The van der Waals surface area contributed by atoms with Gasteiger partial charge in [0.2, 0.25) is 5.91 Å². The van der Waals surface area contributed by atoms with Gasteiger partial charge in [-0.1, -0.05) is 30.4 Å². The zero-order chi connectivity index (χ0) is 14.6. The number of carbonyl (C=O) groups is 1. The summed E-state index contributed by atoms with van der Waals surface area (Å²) in [5.41, 5.74) is 9.01. The summed E-state index contributed by atoms with van der Waals surface area (Å²) in [6, 6.07) is 6.17. The van der Waals surface area contributed by atoms with Crippen LogP contribution in [0.3, 0.4) is 0 Å². The van der Waals surface area contributed by atoms with Gasteiger partial charge in [-0.25, -0.2) is 0 Å². The fraction of sp³-hybridized carbons (Fsp3) is 0.467. The van der Waals surface area contributed by atoms with Crippen molar-refractivity contribution in [2.75, 3.05) is 7.05 Å². The second kappa shape index (κ2) is 6.66. The van der Waals surface area contributed by atoms with E-state index in [0.29, 0.717) is 17.8 Å². The van der Waals surface area contributed by atoms with Gasteiger partial charge in [0.15, 0.2) is 0 Å². The first-order valence-corrected chi connectivity index (χ1v) is 6.82. The van der Waals surface area contributed by atoms with Crippen molar-refractivity contribution >= 4 is 23.1 Å². The van der Waals surface area contributed by atoms with Gasteiger partial charge < -0.3 is 10.6 Å². The number of nitrogens with two attached hydrogens (primary N) is 1. The van der Waals surface area contributed by atoms with Crippen LogP contribution >= 0.6 is 12.2 Å². The number of amides is 1. The van der Waals surface area contributed by atoms with Gasteiger partial charge in [0.05, 0.1) is 11.4 Å². The number of rotatable bonds is 5. The van der Waals surface area contributed by atoms with E-state index < -0.39 is 0 Å². The van der Waals surface area contributed by atoms with Crippen LogP contribution in [0.15, 0.2) is 18.2 Å². The average Bonchev–Trinajstić information content (AvgIpc) is 2.32. The summed E-state index contributed by atoms with van der Waals surface area (Å²) in [5, 5.41) is 0. The van der Waals surface area contributed by atoms with E-state index >= 15 is 0 Å². The summed E-state index contributed by atoms with van der Waals surface area (Å²) in [6.07, 6.45) is 0.976. The molecule has 0 aliphatic carbocycles. The Labute approximate surface area is 120 Å². The maximum absolute atomic E-state index is 12.2. The summed E-state index contributed by atoms with van der Waals surface area (Å²) in [6.45, 7) is 6.08. The van der Waals surface area contributed by atoms with Crippen molar-refractivity contribution in [3.05, 3.63) is 34.9 Å². The Morgan fingerprint density at radius 1 is 1.37 bits per heavy atom. The molecule has 1 atom stereocenters. The van der Waals surface area contributed by atoms with E-state index in [9.17, 15) is 4.79 Å². The molecule has 104 valence electrons. The fourth-order valence-corrected chi connectivity index (χ4v) is 2.13. The molecular weight excluding hydrogens is 256 g/mol. The van der Waals surface area contributed by atoms with Crippen LogP contribution < -0.4 is 5.73 Å². The fourth-order valence-electron chi connectivity index (χ4n) is 1.89. The molecule has 0 saturated heterocycles. The van der Waals surface area contributed by atoms with Crippen molar-refractivity contribution in [3.8, 4) is 0 Å². The Kier molecular flexibility index (Phi) is 5.48. The first-order valence-electron chi connectivity index (χ1n) is 6.41. The third kappa shape index (κ3) is 4.63. The predicted octanol–water partition coefficient (Wildman–Crippen LogP) is 2.37. The average molecular weight is 278 g/mol. The SMILES string of the molecule is Cc1ccc(CC(=O)N(C)C(C)CC(N)=S)cc1C. The molecule has 0 aliphatic rings. The van der Waals surface area contributed by atoms with Crippen molar-refractivity contribution in [2.24, 2.45) is 5.73 Å². The largest absolute Gasteiger partial charge is 0.393 e. The molecule has 0 spiro atoms. The van der Waals surface area contributed by atoms with Gasteiger partial charge in [-0.15, -0.1) is 0 Å². The van der Waals surface area contributed by atoms with Crippen molar-refractivity contribution < 1.29 is 4.79 Å². The molecular formula is C15H22N2OS. The second-order valence-corrected chi connectivity index (χ2v) is 5.64. The standard InChI is InChI=1S/C15H22N2OS/c1-10-5-6-13(7-11(10)2)9-15(18)17(4)12(3)8-14(16)19/h5-7,12H,8-9H2,1-4H3,(H2,16,19). The van der Waals surface area contributed by atoms with Crippen molar-refractivity contribution in [2.45, 2.75) is 39.7 Å². The number of carbonyl (C=O) groups excluding carboxylic acids is 1. The summed E-state index contributed by atoms with van der Waals surface area (Å²) >= 11 is 4.88. The molecule has 1 amide bonds. The van der Waals surface area contributed by atoms with Crippen molar-refractivity contribution in [1.82, 2.24) is 4.90 Å². The smallest absolute Gasteiger partial charge is 0.226 e. The van der Waals surface area contributed by atoms with Crippen LogP contribution in [0.4, 0.5) is 0 Å². The minimum Gasteiger partial charge on any atom is -0.393 e. The van der Waals surface area contributed by atoms with E-state index in [1.54, 1.807) is 11.9 Å². The van der Waals surface area contributed by atoms with E-state index in [0.717, 1.165) is 5.56 Å². The lowest BCUT2D eigenvalue weighted by atomic mass is 10.0. The van der Waals surface area contributed by atoms with E-state index in [2.05, 4.69) is 26.0 Å². The Hall–Kier alpha value is -1.42. The van der Waals surface area contributed by atoms with Gasteiger partial charge in [-0.05, 0) is 37.5 Å². The number of hydrogen-bond donors (Lipinski definition) is 1. The monoisotopic (exact) mass is 278 g/mol. The molecule has 0 heterocycles. The number of hydrogen-bond acceptors (Lipinski definition) is 2. The van der Waals surface area contributed by atoms with Gasteiger partial charge >= 0.3 is 0 Å². The van der Waals surface area contributed by atoms with Crippen LogP contribution in [0.5, 0.6) is 0 Å². The molecule has 1 aromatic carbocycles. The molecule has 4 heteroatoms. The van der Waals surface area contributed by atoms with Gasteiger partial charge in [0, 0.05) is 19.5 Å². The van der Waals surface area contributed by atoms with Gasteiger partial charge in [-0.3, -0.25) is 4.79 Å². The first-order chi connectivity index (χ1) is 8.81. The molecule has 0 radical (unpaired) electrons. The number of aryl methyl sites for hydroxylation is 2. The van der Waals surface area contributed by atoms with Crippen LogP contribution in [0, 0.1) is 13.8 Å². The van der Waals surface area contributed by atoms with Gasteiger partial charge in [0.25, 0.3) is 0 Å². The molecule has 1 unspecified atom stereocenters. The van der Waals surface area contributed by atoms with Crippen molar-refractivity contribution in [1.29, 1.82) is 0 Å². The summed E-state index contributed by atoms with van der Waals surface area (Å²) in [5.74, 6) is 0.0898. The number of likely N-dealkylation sites (N-methyl/N-ethyl adjacent to an activating group) is 1. The Bertz CT molecular complexity index is 485. The zero-order valence-electron chi connectivity index (χ0n) is 12.1. The first kappa shape index (κ1) is 15.6. The van der Waals surface area contributed by atoms with E-state index in [1.165, 1.54) is 11.1 Å². The molecule has 1 aromatic rings. The molecule has 0 saturated carbocycles. The minimum atomic E-state index is 0.0385. The van der Waals surface area contributed by atoms with Crippen molar-refractivity contribution in [3.63, 3.8) is 0 Å². The molecule has 0 fully saturated rings. The molecule has 0 bridgehead atoms. The summed E-state index contributed by atoms with van der Waals surface area (Å²) < 4.78 is 0. The molecule has 1 rings (SSSR count). The zero-order valence-corrected chi connectivity index (χ0v) is 12.9. The van der Waals surface area contributed by atoms with Crippen LogP contribution in [0.25, 0.3) is 0 Å². The minimum absolute atomic E-state index is 0.0385. The van der Waals surface area contributed by atoms with E-state index in [1.807, 2.05) is 13.0 Å². The Morgan fingerprint density at radius 2 is 2.00 bits per heavy atom. The third-order valence-corrected chi connectivity index (χ3v) is 3.64. The molecule has 3 nitrogen and oxygen atoms in total. The highest BCUT2D eigenvalue weighted by Gasteiger charge is 2.16. The molecule has 2 N–H and O–H groups in total. The highest BCUT2D eigenvalue weighted by molar-refractivity contribution is 7.80. The summed E-state index contributed by atoms with van der Waals surface area (Å²) in [4.78, 5) is 14.3. The lowest BCUT2D eigenvalue weighted by Gasteiger charge is -2.24. The summed E-state index contributed by atoms with van der Waals surface area (Å²) in [7, 11) is 1.80. The third-order valence-electron chi connectivity index (χ3n) is 3.48. The Balaban J connectivity index is 2.68. The number of nitrogens with zero attached hydrogens (tertiary/aromatic N) is 1.